The molecule has 1 aromatic heterocycles. The molecule has 20 heavy (non-hydrogen) atoms. The van der Waals surface area contributed by atoms with Crippen LogP contribution in [0.2, 0.25) is 0 Å². The lowest BCUT2D eigenvalue weighted by Crippen LogP contribution is -2.37. The van der Waals surface area contributed by atoms with Crippen molar-refractivity contribution >= 4 is 17.2 Å². The van der Waals surface area contributed by atoms with E-state index in [-0.39, 0.29) is 5.91 Å². The molecule has 0 bridgehead atoms. The minimum absolute atomic E-state index is 0.0174. The molecule has 0 unspecified atom stereocenters. The normalized spacial score (nSPS) is 28.9. The second kappa shape index (κ2) is 5.82. The standard InChI is InChI=1S/C15H23N3OS/c1-18(2)8-14-16-13(9-20-14)15(19)17-12-7-6-10-4-3-5-11(10)12/h9-12H,3-8H2,1-2H3,(H,17,19)/t10-,11-,12-/m1/s1. The van der Waals surface area contributed by atoms with Crippen LogP contribution in [0.5, 0.6) is 0 Å². The van der Waals surface area contributed by atoms with E-state index >= 15 is 0 Å². The Morgan fingerprint density at radius 2 is 2.25 bits per heavy atom. The summed E-state index contributed by atoms with van der Waals surface area (Å²) in [6.45, 7) is 0.798. The first-order chi connectivity index (χ1) is 9.63. The molecule has 3 atom stereocenters. The summed E-state index contributed by atoms with van der Waals surface area (Å²) in [6, 6.07) is 0.383. The van der Waals surface area contributed by atoms with Gasteiger partial charge in [-0.1, -0.05) is 12.8 Å². The third-order valence-electron chi connectivity index (χ3n) is 4.64. The molecule has 0 radical (unpaired) electrons. The fraction of sp³-hybridized carbons (Fsp3) is 0.733. The molecule has 2 aliphatic rings. The van der Waals surface area contributed by atoms with Crippen molar-refractivity contribution in [3.63, 3.8) is 0 Å². The van der Waals surface area contributed by atoms with Crippen LogP contribution in [0.4, 0.5) is 0 Å². The Morgan fingerprint density at radius 1 is 1.40 bits per heavy atom. The van der Waals surface area contributed by atoms with Gasteiger partial charge in [-0.3, -0.25) is 4.79 Å². The third-order valence-corrected chi connectivity index (χ3v) is 5.47. The van der Waals surface area contributed by atoms with Crippen LogP contribution in [-0.4, -0.2) is 35.9 Å². The molecule has 3 rings (SSSR count). The van der Waals surface area contributed by atoms with Crippen LogP contribution < -0.4 is 5.32 Å². The SMILES string of the molecule is CN(C)Cc1nc(C(=O)N[C@@H]2CC[C@H]3CCC[C@H]32)cs1. The molecule has 0 saturated heterocycles. The highest BCUT2D eigenvalue weighted by atomic mass is 32.1. The van der Waals surface area contributed by atoms with Crippen molar-refractivity contribution in [2.45, 2.75) is 44.7 Å². The molecule has 1 aromatic rings. The molecule has 5 heteroatoms. The summed E-state index contributed by atoms with van der Waals surface area (Å²) in [6.07, 6.45) is 6.43. The van der Waals surface area contributed by atoms with Crippen molar-refractivity contribution in [1.82, 2.24) is 15.2 Å². The van der Waals surface area contributed by atoms with Gasteiger partial charge in [-0.15, -0.1) is 11.3 Å². The van der Waals surface area contributed by atoms with Crippen molar-refractivity contribution in [2.75, 3.05) is 14.1 Å². The molecule has 1 heterocycles. The predicted molar refractivity (Wildman–Crippen MR) is 80.8 cm³/mol. The zero-order valence-corrected chi connectivity index (χ0v) is 13.1. The summed E-state index contributed by atoms with van der Waals surface area (Å²) < 4.78 is 0. The molecule has 2 fully saturated rings. The molecule has 1 N–H and O–H groups in total. The maximum absolute atomic E-state index is 12.3. The summed E-state index contributed by atoms with van der Waals surface area (Å²) >= 11 is 1.57. The van der Waals surface area contributed by atoms with Crippen LogP contribution in [0.1, 0.15) is 47.6 Å². The van der Waals surface area contributed by atoms with Crippen LogP contribution in [0, 0.1) is 11.8 Å². The van der Waals surface area contributed by atoms with Crippen molar-refractivity contribution in [3.8, 4) is 0 Å². The highest BCUT2D eigenvalue weighted by Gasteiger charge is 2.39. The Morgan fingerprint density at radius 3 is 3.05 bits per heavy atom. The average Bonchev–Trinajstić information content (AvgIpc) is 3.06. The molecule has 2 saturated carbocycles. The summed E-state index contributed by atoms with van der Waals surface area (Å²) in [5.74, 6) is 1.60. The van der Waals surface area contributed by atoms with Crippen LogP contribution in [0.25, 0.3) is 0 Å². The topological polar surface area (TPSA) is 45.2 Å². The number of hydrogen-bond donors (Lipinski definition) is 1. The van der Waals surface area contributed by atoms with Gasteiger partial charge in [-0.2, -0.15) is 0 Å². The molecular formula is C15H23N3OS. The van der Waals surface area contributed by atoms with Crippen molar-refractivity contribution in [2.24, 2.45) is 11.8 Å². The number of amides is 1. The van der Waals surface area contributed by atoms with E-state index in [9.17, 15) is 4.79 Å². The molecule has 0 spiro atoms. The number of aromatic nitrogens is 1. The van der Waals surface area contributed by atoms with Gasteiger partial charge in [0.15, 0.2) is 0 Å². The van der Waals surface area contributed by atoms with Gasteiger partial charge in [-0.25, -0.2) is 4.98 Å². The lowest BCUT2D eigenvalue weighted by Gasteiger charge is -2.19. The molecule has 0 aliphatic heterocycles. The Bertz CT molecular complexity index is 485. The monoisotopic (exact) mass is 293 g/mol. The quantitative estimate of drug-likeness (QED) is 0.928. The van der Waals surface area contributed by atoms with Gasteiger partial charge in [0.05, 0.1) is 0 Å². The predicted octanol–water partition coefficient (Wildman–Crippen LogP) is 2.51. The number of nitrogens with one attached hydrogen (secondary N) is 1. The van der Waals surface area contributed by atoms with Crippen molar-refractivity contribution < 1.29 is 4.79 Å². The van der Waals surface area contributed by atoms with E-state index in [4.69, 9.17) is 0 Å². The number of nitrogens with zero attached hydrogens (tertiary/aromatic N) is 2. The summed E-state index contributed by atoms with van der Waals surface area (Å²) in [5.41, 5.74) is 0.591. The smallest absolute Gasteiger partial charge is 0.270 e. The minimum atomic E-state index is 0.0174. The first kappa shape index (κ1) is 14.0. The highest BCUT2D eigenvalue weighted by molar-refractivity contribution is 7.09. The zero-order valence-electron chi connectivity index (χ0n) is 12.3. The highest BCUT2D eigenvalue weighted by Crippen LogP contribution is 2.44. The summed E-state index contributed by atoms with van der Waals surface area (Å²) in [7, 11) is 4.03. The van der Waals surface area contributed by atoms with Gasteiger partial charge < -0.3 is 10.2 Å². The Kier molecular flexibility index (Phi) is 4.08. The number of hydrogen-bond acceptors (Lipinski definition) is 4. The molecular weight excluding hydrogens is 270 g/mol. The fourth-order valence-corrected chi connectivity index (χ4v) is 4.63. The van der Waals surface area contributed by atoms with E-state index in [1.807, 2.05) is 19.5 Å². The molecule has 1 amide bonds. The second-order valence-electron chi connectivity index (χ2n) is 6.38. The van der Waals surface area contributed by atoms with Gasteiger partial charge in [-0.05, 0) is 45.2 Å². The number of carbonyl (C=O) groups is 1. The van der Waals surface area contributed by atoms with Crippen LogP contribution in [0.3, 0.4) is 0 Å². The molecule has 110 valence electrons. The summed E-state index contributed by atoms with van der Waals surface area (Å²) in [4.78, 5) is 18.8. The van der Waals surface area contributed by atoms with Gasteiger partial charge in [0.2, 0.25) is 0 Å². The average molecular weight is 293 g/mol. The Balaban J connectivity index is 1.60. The fourth-order valence-electron chi connectivity index (χ4n) is 3.74. The van der Waals surface area contributed by atoms with Crippen LogP contribution >= 0.6 is 11.3 Å². The number of carbonyl (C=O) groups excluding carboxylic acids is 1. The number of fused-ring (bicyclic) bond motifs is 1. The van der Waals surface area contributed by atoms with E-state index in [1.165, 1.54) is 25.7 Å². The lowest BCUT2D eigenvalue weighted by atomic mass is 9.97. The molecule has 4 nitrogen and oxygen atoms in total. The van der Waals surface area contributed by atoms with E-state index in [2.05, 4.69) is 15.2 Å². The minimum Gasteiger partial charge on any atom is -0.348 e. The van der Waals surface area contributed by atoms with Crippen molar-refractivity contribution in [3.05, 3.63) is 16.1 Å². The second-order valence-corrected chi connectivity index (χ2v) is 7.32. The lowest BCUT2D eigenvalue weighted by molar-refractivity contribution is 0.0921. The third kappa shape index (κ3) is 2.88. The van der Waals surface area contributed by atoms with Crippen LogP contribution in [-0.2, 0) is 6.54 Å². The zero-order chi connectivity index (χ0) is 14.1. The number of rotatable bonds is 4. The van der Waals surface area contributed by atoms with Gasteiger partial charge in [0.1, 0.15) is 10.7 Å². The van der Waals surface area contributed by atoms with E-state index in [0.717, 1.165) is 29.8 Å². The van der Waals surface area contributed by atoms with E-state index < -0.39 is 0 Å². The molecule has 2 aliphatic carbocycles. The first-order valence-electron chi connectivity index (χ1n) is 7.53. The van der Waals surface area contributed by atoms with Gasteiger partial charge >= 0.3 is 0 Å². The maximum atomic E-state index is 12.3. The maximum Gasteiger partial charge on any atom is 0.270 e. The van der Waals surface area contributed by atoms with Gasteiger partial charge in [0, 0.05) is 18.0 Å². The van der Waals surface area contributed by atoms with Crippen molar-refractivity contribution in [1.29, 1.82) is 0 Å². The van der Waals surface area contributed by atoms with E-state index in [1.54, 1.807) is 11.3 Å². The number of thiazole rings is 1. The van der Waals surface area contributed by atoms with Crippen LogP contribution in [0.15, 0.2) is 5.38 Å². The largest absolute Gasteiger partial charge is 0.348 e. The first-order valence-corrected chi connectivity index (χ1v) is 8.41. The van der Waals surface area contributed by atoms with E-state index in [0.29, 0.717) is 11.7 Å². The van der Waals surface area contributed by atoms with Gasteiger partial charge in [0.25, 0.3) is 5.91 Å². The Hall–Kier alpha value is -0.940. The summed E-state index contributed by atoms with van der Waals surface area (Å²) in [5, 5.41) is 6.11. The Labute approximate surface area is 124 Å². The molecule has 0 aromatic carbocycles.